The lowest BCUT2D eigenvalue weighted by Gasteiger charge is -2.22. The first kappa shape index (κ1) is 47.6. The molecule has 0 aromatic carbocycles. The third-order valence-corrected chi connectivity index (χ3v) is 9.75. The van der Waals surface area contributed by atoms with Crippen molar-refractivity contribution >= 4 is 11.9 Å². The van der Waals surface area contributed by atoms with Crippen molar-refractivity contribution in [1.29, 1.82) is 0 Å². The number of likely N-dealkylation sites (N-methyl/N-ethyl adjacent to an activating group) is 1. The summed E-state index contributed by atoms with van der Waals surface area (Å²) < 4.78 is 17.6. The molecule has 2 atom stereocenters. The smallest absolute Gasteiger partial charge is 0.309 e. The van der Waals surface area contributed by atoms with Gasteiger partial charge < -0.3 is 19.1 Å². The van der Waals surface area contributed by atoms with E-state index in [1.807, 2.05) is 0 Å². The van der Waals surface area contributed by atoms with Crippen LogP contribution in [0.4, 0.5) is 0 Å². The van der Waals surface area contributed by atoms with E-state index in [4.69, 9.17) is 14.2 Å². The van der Waals surface area contributed by atoms with Gasteiger partial charge in [-0.25, -0.2) is 0 Å². The van der Waals surface area contributed by atoms with Gasteiger partial charge in [-0.3, -0.25) is 9.59 Å². The van der Waals surface area contributed by atoms with Crippen molar-refractivity contribution in [2.45, 2.75) is 208 Å². The van der Waals surface area contributed by atoms with E-state index in [2.05, 4.69) is 51.7 Å². The monoisotopic (exact) mass is 694 g/mol. The Kier molecular flexibility index (Phi) is 36.8. The second-order valence-electron chi connectivity index (χ2n) is 14.3. The molecule has 0 aliphatic carbocycles. The summed E-state index contributed by atoms with van der Waals surface area (Å²) in [7, 11) is 0. The van der Waals surface area contributed by atoms with Crippen LogP contribution in [0.1, 0.15) is 202 Å². The fourth-order valence-corrected chi connectivity index (χ4v) is 6.31. The number of hydrogen-bond donors (Lipinski definition) is 0. The van der Waals surface area contributed by atoms with Crippen molar-refractivity contribution in [2.75, 3.05) is 39.5 Å². The average Bonchev–Trinajstić information content (AvgIpc) is 3.11. The summed E-state index contributed by atoms with van der Waals surface area (Å²) in [6.45, 7) is 14.7. The lowest BCUT2D eigenvalue weighted by Crippen LogP contribution is -2.33. The zero-order valence-electron chi connectivity index (χ0n) is 33.4. The highest BCUT2D eigenvalue weighted by Crippen LogP contribution is 2.21. The zero-order chi connectivity index (χ0) is 36.0. The SMILES string of the molecule is CCCCCCCC/C=C\CCCCCCCC(=O)OC(COCCN(CC)CC)COC(=O)C(CCCCCC)CCCCCCCC. The number of ether oxygens (including phenoxy) is 3. The molecule has 0 saturated heterocycles. The Morgan fingerprint density at radius 2 is 1.04 bits per heavy atom. The van der Waals surface area contributed by atoms with Gasteiger partial charge in [0.25, 0.3) is 0 Å². The summed E-state index contributed by atoms with van der Waals surface area (Å²) in [6.07, 6.45) is 34.2. The normalized spacial score (nSPS) is 12.9. The lowest BCUT2D eigenvalue weighted by atomic mass is 9.94. The molecule has 0 aliphatic rings. The van der Waals surface area contributed by atoms with Crippen molar-refractivity contribution < 1.29 is 23.8 Å². The average molecular weight is 694 g/mol. The molecule has 0 spiro atoms. The van der Waals surface area contributed by atoms with Crippen LogP contribution in [0.3, 0.4) is 0 Å². The number of esters is 2. The second-order valence-corrected chi connectivity index (χ2v) is 14.3. The van der Waals surface area contributed by atoms with Crippen LogP contribution in [0.25, 0.3) is 0 Å². The van der Waals surface area contributed by atoms with E-state index < -0.39 is 6.10 Å². The molecule has 6 nitrogen and oxygen atoms in total. The molecule has 0 amide bonds. The molecule has 2 unspecified atom stereocenters. The molecular formula is C43H83NO5. The third-order valence-electron chi connectivity index (χ3n) is 9.75. The minimum atomic E-state index is -0.564. The maximum absolute atomic E-state index is 13.3. The number of rotatable bonds is 38. The number of carbonyl (C=O) groups excluding carboxylic acids is 2. The molecule has 0 aliphatic heterocycles. The predicted octanol–water partition coefficient (Wildman–Crippen LogP) is 12.2. The van der Waals surface area contributed by atoms with Crippen LogP contribution < -0.4 is 0 Å². The fourth-order valence-electron chi connectivity index (χ4n) is 6.31. The Morgan fingerprint density at radius 3 is 1.57 bits per heavy atom. The van der Waals surface area contributed by atoms with Crippen LogP contribution in [-0.4, -0.2) is 62.4 Å². The first-order chi connectivity index (χ1) is 24.0. The summed E-state index contributed by atoms with van der Waals surface area (Å²) in [5.41, 5.74) is 0. The summed E-state index contributed by atoms with van der Waals surface area (Å²) in [5, 5.41) is 0. The van der Waals surface area contributed by atoms with Crippen molar-refractivity contribution in [3.8, 4) is 0 Å². The summed E-state index contributed by atoms with van der Waals surface area (Å²) in [5.74, 6) is -0.417. The molecule has 0 aromatic rings. The summed E-state index contributed by atoms with van der Waals surface area (Å²) >= 11 is 0. The number of allylic oxidation sites excluding steroid dienone is 2. The van der Waals surface area contributed by atoms with Gasteiger partial charge in [-0.1, -0.05) is 162 Å². The molecule has 0 bridgehead atoms. The van der Waals surface area contributed by atoms with Crippen LogP contribution in [-0.2, 0) is 23.8 Å². The van der Waals surface area contributed by atoms with Crippen molar-refractivity contribution in [1.82, 2.24) is 4.90 Å². The maximum atomic E-state index is 13.3. The second kappa shape index (κ2) is 37.8. The molecule has 0 aromatic heterocycles. The molecular weight excluding hydrogens is 610 g/mol. The standard InChI is InChI=1S/C43H83NO5/c1-6-11-14-17-19-20-21-22-23-24-25-26-27-29-32-35-42(45)49-41(38-47-37-36-44(9-4)10-5)39-48-43(46)40(33-30-16-13-8-3)34-31-28-18-15-12-7-2/h22-23,40-41H,6-21,24-39H2,1-5H3/b23-22-. The van der Waals surface area contributed by atoms with Gasteiger partial charge in [0.15, 0.2) is 6.10 Å². The van der Waals surface area contributed by atoms with E-state index in [1.165, 1.54) is 103 Å². The number of nitrogens with zero attached hydrogens (tertiary/aromatic N) is 1. The fraction of sp³-hybridized carbons (Fsp3) is 0.907. The Bertz CT molecular complexity index is 738. The predicted molar refractivity (Wildman–Crippen MR) is 209 cm³/mol. The minimum absolute atomic E-state index is 0.0706. The Morgan fingerprint density at radius 1 is 0.571 bits per heavy atom. The first-order valence-electron chi connectivity index (χ1n) is 21.3. The van der Waals surface area contributed by atoms with E-state index in [0.29, 0.717) is 13.0 Å². The molecule has 0 fully saturated rings. The van der Waals surface area contributed by atoms with Crippen LogP contribution in [0.15, 0.2) is 12.2 Å². The summed E-state index contributed by atoms with van der Waals surface area (Å²) in [4.78, 5) is 28.4. The van der Waals surface area contributed by atoms with Crippen LogP contribution in [0, 0.1) is 5.92 Å². The highest BCUT2D eigenvalue weighted by molar-refractivity contribution is 5.72. The van der Waals surface area contributed by atoms with Crippen molar-refractivity contribution in [3.05, 3.63) is 12.2 Å². The van der Waals surface area contributed by atoms with E-state index in [1.54, 1.807) is 0 Å². The molecule has 0 radical (unpaired) electrons. The summed E-state index contributed by atoms with van der Waals surface area (Å²) in [6, 6.07) is 0. The van der Waals surface area contributed by atoms with Gasteiger partial charge in [0.2, 0.25) is 0 Å². The molecule has 0 N–H and O–H groups in total. The highest BCUT2D eigenvalue weighted by atomic mass is 16.6. The molecule has 6 heteroatoms. The number of carbonyl (C=O) groups is 2. The molecule has 0 saturated carbocycles. The van der Waals surface area contributed by atoms with E-state index in [9.17, 15) is 9.59 Å². The quantitative estimate of drug-likeness (QED) is 0.0364. The van der Waals surface area contributed by atoms with Crippen LogP contribution in [0.5, 0.6) is 0 Å². The third kappa shape index (κ3) is 32.3. The lowest BCUT2D eigenvalue weighted by molar-refractivity contribution is -0.165. The van der Waals surface area contributed by atoms with Crippen molar-refractivity contribution in [2.24, 2.45) is 5.92 Å². The Hall–Kier alpha value is -1.40. The van der Waals surface area contributed by atoms with E-state index in [0.717, 1.165) is 77.4 Å². The van der Waals surface area contributed by atoms with Crippen molar-refractivity contribution in [3.63, 3.8) is 0 Å². The van der Waals surface area contributed by atoms with E-state index >= 15 is 0 Å². The molecule has 0 heterocycles. The topological polar surface area (TPSA) is 65.1 Å². The van der Waals surface area contributed by atoms with Crippen LogP contribution >= 0.6 is 0 Å². The zero-order valence-corrected chi connectivity index (χ0v) is 33.4. The van der Waals surface area contributed by atoms with Gasteiger partial charge >= 0.3 is 11.9 Å². The maximum Gasteiger partial charge on any atom is 0.309 e. The Balaban J connectivity index is 4.64. The van der Waals surface area contributed by atoms with Gasteiger partial charge in [0.1, 0.15) is 6.61 Å². The number of unbranched alkanes of at least 4 members (excludes halogenated alkanes) is 19. The van der Waals surface area contributed by atoms with E-state index in [-0.39, 0.29) is 31.1 Å². The minimum Gasteiger partial charge on any atom is -0.461 e. The van der Waals surface area contributed by atoms with Gasteiger partial charge in [-0.05, 0) is 58.0 Å². The first-order valence-corrected chi connectivity index (χ1v) is 21.3. The highest BCUT2D eigenvalue weighted by Gasteiger charge is 2.23. The van der Waals surface area contributed by atoms with Gasteiger partial charge in [-0.15, -0.1) is 0 Å². The van der Waals surface area contributed by atoms with Crippen LogP contribution in [0.2, 0.25) is 0 Å². The molecule has 0 rings (SSSR count). The largest absolute Gasteiger partial charge is 0.461 e. The van der Waals surface area contributed by atoms with Gasteiger partial charge in [0, 0.05) is 13.0 Å². The Labute approximate surface area is 305 Å². The number of hydrogen-bond acceptors (Lipinski definition) is 6. The van der Waals surface area contributed by atoms with Gasteiger partial charge in [-0.2, -0.15) is 0 Å². The van der Waals surface area contributed by atoms with Gasteiger partial charge in [0.05, 0.1) is 19.1 Å². The molecule has 49 heavy (non-hydrogen) atoms. The molecule has 290 valence electrons.